The minimum atomic E-state index is -0.0409. The molecule has 0 amide bonds. The van der Waals surface area contributed by atoms with Crippen molar-refractivity contribution in [2.75, 3.05) is 0 Å². The number of benzene rings is 8. The average Bonchev–Trinajstić information content (AvgIpc) is 3.75. The maximum Gasteiger partial charge on any atom is 0.0562 e. The van der Waals surface area contributed by atoms with Crippen molar-refractivity contribution in [1.29, 1.82) is 0 Å². The molecule has 11 rings (SSSR count). The summed E-state index contributed by atoms with van der Waals surface area (Å²) in [5.41, 5.74) is 15.1. The Morgan fingerprint density at radius 1 is 0.353 bits per heavy atom. The van der Waals surface area contributed by atoms with Gasteiger partial charge in [-0.1, -0.05) is 123 Å². The molecule has 0 aliphatic heterocycles. The standard InChI is InChI=1S/C49H34N2/c1-49(2)43-21-10-8-19-37(43)38-24-23-34(27-44(38)49)31-15-12-18-36(25-31)51-45-22-11-9-20-39(45)41-29-42-40-26-32-13-6-7-14-33(32)28-46(40)50(48(42)30-47(41)51)35-16-4-3-5-17-35/h3-30H,1-2H3. The summed E-state index contributed by atoms with van der Waals surface area (Å²) in [6.45, 7) is 4.71. The van der Waals surface area contributed by atoms with Gasteiger partial charge in [0, 0.05) is 38.3 Å². The summed E-state index contributed by atoms with van der Waals surface area (Å²) in [4.78, 5) is 0. The number of para-hydroxylation sites is 2. The van der Waals surface area contributed by atoms with Crippen molar-refractivity contribution in [3.63, 3.8) is 0 Å². The normalized spacial score (nSPS) is 13.5. The fraction of sp³-hybridized carbons (Fsp3) is 0.0612. The maximum atomic E-state index is 2.46. The number of rotatable bonds is 3. The minimum absolute atomic E-state index is 0.0409. The topological polar surface area (TPSA) is 9.86 Å². The molecule has 0 fully saturated rings. The second-order valence-electron chi connectivity index (χ2n) is 14.6. The van der Waals surface area contributed by atoms with E-state index >= 15 is 0 Å². The number of hydrogen-bond donors (Lipinski definition) is 0. The first kappa shape index (κ1) is 28.5. The Kier molecular flexibility index (Phi) is 5.76. The molecule has 2 heterocycles. The summed E-state index contributed by atoms with van der Waals surface area (Å²) in [5, 5.41) is 7.58. The number of nitrogens with zero attached hydrogens (tertiary/aromatic N) is 2. The van der Waals surface area contributed by atoms with E-state index in [1.165, 1.54) is 93.5 Å². The lowest BCUT2D eigenvalue weighted by Crippen LogP contribution is -2.14. The van der Waals surface area contributed by atoms with Gasteiger partial charge in [0.2, 0.25) is 0 Å². The molecule has 0 spiro atoms. The van der Waals surface area contributed by atoms with E-state index in [9.17, 15) is 0 Å². The average molecular weight is 651 g/mol. The van der Waals surface area contributed by atoms with Crippen LogP contribution >= 0.6 is 0 Å². The molecule has 0 atom stereocenters. The molecule has 2 nitrogen and oxygen atoms in total. The van der Waals surface area contributed by atoms with Crippen LogP contribution in [0.1, 0.15) is 25.0 Å². The van der Waals surface area contributed by atoms with Crippen molar-refractivity contribution in [3.05, 3.63) is 181 Å². The molecule has 0 radical (unpaired) electrons. The van der Waals surface area contributed by atoms with Crippen LogP contribution in [0.3, 0.4) is 0 Å². The van der Waals surface area contributed by atoms with Gasteiger partial charge in [0.1, 0.15) is 0 Å². The molecule has 0 unspecified atom stereocenters. The molecule has 0 bridgehead atoms. The predicted octanol–water partition coefficient (Wildman–Crippen LogP) is 13.0. The first-order valence-corrected chi connectivity index (χ1v) is 17.9. The van der Waals surface area contributed by atoms with E-state index in [1.807, 2.05) is 0 Å². The lowest BCUT2D eigenvalue weighted by atomic mass is 9.81. The zero-order valence-electron chi connectivity index (χ0n) is 28.6. The summed E-state index contributed by atoms with van der Waals surface area (Å²) in [7, 11) is 0. The van der Waals surface area contributed by atoms with Crippen molar-refractivity contribution in [2.24, 2.45) is 0 Å². The predicted molar refractivity (Wildman–Crippen MR) is 216 cm³/mol. The molecule has 10 aromatic rings. The third-order valence-corrected chi connectivity index (χ3v) is 11.5. The van der Waals surface area contributed by atoms with Gasteiger partial charge < -0.3 is 9.13 Å². The monoisotopic (exact) mass is 650 g/mol. The first-order valence-electron chi connectivity index (χ1n) is 17.9. The molecule has 0 saturated carbocycles. The first-order chi connectivity index (χ1) is 25.0. The van der Waals surface area contributed by atoms with Gasteiger partial charge in [-0.25, -0.2) is 0 Å². The van der Waals surface area contributed by atoms with Gasteiger partial charge in [0.15, 0.2) is 0 Å². The van der Waals surface area contributed by atoms with E-state index in [1.54, 1.807) is 0 Å². The smallest absolute Gasteiger partial charge is 0.0562 e. The summed E-state index contributed by atoms with van der Waals surface area (Å²) in [6, 6.07) is 62.9. The molecular formula is C49H34N2. The van der Waals surface area contributed by atoms with E-state index in [0.29, 0.717) is 0 Å². The van der Waals surface area contributed by atoms with E-state index < -0.39 is 0 Å². The van der Waals surface area contributed by atoms with Gasteiger partial charge in [-0.2, -0.15) is 0 Å². The summed E-state index contributed by atoms with van der Waals surface area (Å²) in [5.74, 6) is 0. The van der Waals surface area contributed by atoms with Crippen molar-refractivity contribution < 1.29 is 0 Å². The Bertz CT molecular complexity index is 3040. The molecule has 51 heavy (non-hydrogen) atoms. The number of fused-ring (bicyclic) bond motifs is 10. The Hall–Kier alpha value is -6.38. The summed E-state index contributed by atoms with van der Waals surface area (Å²) >= 11 is 0. The van der Waals surface area contributed by atoms with Gasteiger partial charge >= 0.3 is 0 Å². The lowest BCUT2D eigenvalue weighted by Gasteiger charge is -2.22. The largest absolute Gasteiger partial charge is 0.309 e. The Morgan fingerprint density at radius 2 is 0.961 bits per heavy atom. The molecule has 240 valence electrons. The van der Waals surface area contributed by atoms with E-state index in [0.717, 1.165) is 5.69 Å². The van der Waals surface area contributed by atoms with Gasteiger partial charge in [-0.3, -0.25) is 0 Å². The van der Waals surface area contributed by atoms with Crippen LogP contribution in [0.4, 0.5) is 0 Å². The maximum absolute atomic E-state index is 2.46. The van der Waals surface area contributed by atoms with Gasteiger partial charge in [-0.05, 0) is 105 Å². The third kappa shape index (κ3) is 3.99. The third-order valence-electron chi connectivity index (χ3n) is 11.5. The van der Waals surface area contributed by atoms with Gasteiger partial charge in [-0.15, -0.1) is 0 Å². The molecule has 0 saturated heterocycles. The Morgan fingerprint density at radius 3 is 1.82 bits per heavy atom. The quantitative estimate of drug-likeness (QED) is 0.180. The van der Waals surface area contributed by atoms with Crippen LogP contribution < -0.4 is 0 Å². The highest BCUT2D eigenvalue weighted by Gasteiger charge is 2.35. The van der Waals surface area contributed by atoms with Crippen LogP contribution in [0, 0.1) is 0 Å². The highest BCUT2D eigenvalue weighted by molar-refractivity contribution is 6.20. The number of aromatic nitrogens is 2. The molecule has 1 aliphatic carbocycles. The molecule has 2 aromatic heterocycles. The molecule has 1 aliphatic rings. The van der Waals surface area contributed by atoms with Crippen LogP contribution in [-0.4, -0.2) is 9.13 Å². The van der Waals surface area contributed by atoms with Gasteiger partial charge in [0.25, 0.3) is 0 Å². The molecule has 2 heteroatoms. The molecular weight excluding hydrogens is 617 g/mol. The number of hydrogen-bond acceptors (Lipinski definition) is 0. The fourth-order valence-corrected chi connectivity index (χ4v) is 9.01. The summed E-state index contributed by atoms with van der Waals surface area (Å²) in [6.07, 6.45) is 0. The van der Waals surface area contributed by atoms with Crippen LogP contribution in [0.25, 0.3) is 88.0 Å². The van der Waals surface area contributed by atoms with Crippen LogP contribution in [0.5, 0.6) is 0 Å². The highest BCUT2D eigenvalue weighted by Crippen LogP contribution is 2.49. The minimum Gasteiger partial charge on any atom is -0.309 e. The van der Waals surface area contributed by atoms with Crippen molar-refractivity contribution >= 4 is 54.4 Å². The zero-order chi connectivity index (χ0) is 33.8. The zero-order valence-corrected chi connectivity index (χ0v) is 28.6. The van der Waals surface area contributed by atoms with Crippen LogP contribution in [0.2, 0.25) is 0 Å². The molecule has 0 N–H and O–H groups in total. The van der Waals surface area contributed by atoms with Crippen molar-refractivity contribution in [1.82, 2.24) is 9.13 Å². The van der Waals surface area contributed by atoms with E-state index in [2.05, 4.69) is 193 Å². The molecule has 8 aromatic carbocycles. The Labute approximate surface area is 296 Å². The van der Waals surface area contributed by atoms with E-state index in [-0.39, 0.29) is 5.41 Å². The second kappa shape index (κ2) is 10.3. The van der Waals surface area contributed by atoms with Crippen LogP contribution in [0.15, 0.2) is 170 Å². The Balaban J connectivity index is 1.16. The fourth-order valence-electron chi connectivity index (χ4n) is 9.01. The van der Waals surface area contributed by atoms with Crippen molar-refractivity contribution in [2.45, 2.75) is 19.3 Å². The van der Waals surface area contributed by atoms with E-state index in [4.69, 9.17) is 0 Å². The summed E-state index contributed by atoms with van der Waals surface area (Å²) < 4.78 is 4.91. The van der Waals surface area contributed by atoms with Crippen molar-refractivity contribution in [3.8, 4) is 33.6 Å². The highest BCUT2D eigenvalue weighted by atomic mass is 15.0. The second-order valence-corrected chi connectivity index (χ2v) is 14.6. The lowest BCUT2D eigenvalue weighted by molar-refractivity contribution is 0.660. The van der Waals surface area contributed by atoms with Gasteiger partial charge in [0.05, 0.1) is 22.1 Å². The van der Waals surface area contributed by atoms with Crippen LogP contribution in [-0.2, 0) is 5.41 Å². The SMILES string of the molecule is CC1(C)c2ccccc2-c2ccc(-c3cccc(-n4c5ccccc5c5cc6c7cc8ccccc8cc7n(-c7ccccc7)c6cc54)c3)cc21.